The number of amides is 5. The summed E-state index contributed by atoms with van der Waals surface area (Å²) in [5.41, 5.74) is 11.0. The zero-order chi connectivity index (χ0) is 34.1. The number of aromatic nitrogens is 1. The number of carboxylic acids is 1. The van der Waals surface area contributed by atoms with Crippen LogP contribution in [0.5, 0.6) is 0 Å². The number of hydrogen-bond acceptors (Lipinski definition) is 10. The molecular formula is C30H46N6O8S2. The van der Waals surface area contributed by atoms with Crippen molar-refractivity contribution in [1.29, 1.82) is 0 Å². The van der Waals surface area contributed by atoms with Gasteiger partial charge in [0.1, 0.15) is 17.6 Å². The first-order valence-corrected chi connectivity index (χ1v) is 17.5. The topological polar surface area (TPSA) is 233 Å². The zero-order valence-corrected chi connectivity index (χ0v) is 28.0. The van der Waals surface area contributed by atoms with E-state index in [1.54, 1.807) is 11.8 Å². The van der Waals surface area contributed by atoms with Gasteiger partial charge in [-0.25, -0.2) is 0 Å². The molecule has 2 heterocycles. The molecule has 8 N–H and O–H groups in total. The summed E-state index contributed by atoms with van der Waals surface area (Å²) in [4.78, 5) is 78.3. The highest BCUT2D eigenvalue weighted by atomic mass is 32.2. The van der Waals surface area contributed by atoms with Crippen molar-refractivity contribution in [3.05, 3.63) is 29.6 Å². The fourth-order valence-corrected chi connectivity index (χ4v) is 6.37. The van der Waals surface area contributed by atoms with Crippen molar-refractivity contribution in [2.45, 2.75) is 87.9 Å². The minimum atomic E-state index is -1.29. The van der Waals surface area contributed by atoms with Gasteiger partial charge in [0.25, 0.3) is 0 Å². The molecule has 1 aromatic rings. The average Bonchev–Trinajstić information content (AvgIpc) is 2.99. The lowest BCUT2D eigenvalue weighted by Gasteiger charge is -2.37. The van der Waals surface area contributed by atoms with Gasteiger partial charge >= 0.3 is 5.97 Å². The molecule has 2 rings (SSSR count). The van der Waals surface area contributed by atoms with Gasteiger partial charge in [-0.2, -0.15) is 23.5 Å². The number of nitrogens with one attached hydrogen (secondary N) is 3. The second kappa shape index (κ2) is 20.0. The van der Waals surface area contributed by atoms with Gasteiger partial charge in [0, 0.05) is 68.3 Å². The van der Waals surface area contributed by atoms with E-state index in [9.17, 15) is 28.8 Å². The Morgan fingerprint density at radius 1 is 0.935 bits per heavy atom. The van der Waals surface area contributed by atoms with Crippen LogP contribution in [0.25, 0.3) is 0 Å². The molecule has 5 amide bonds. The normalized spacial score (nSPS) is 15.4. The molecule has 14 nitrogen and oxygen atoms in total. The Hall–Kier alpha value is -3.37. The summed E-state index contributed by atoms with van der Waals surface area (Å²) in [5, 5.41) is 17.1. The van der Waals surface area contributed by atoms with E-state index < -0.39 is 41.3 Å². The Bertz CT molecular complexity index is 1210. The lowest BCUT2D eigenvalue weighted by molar-refractivity contribution is -0.140. The van der Waals surface area contributed by atoms with Crippen LogP contribution >= 0.6 is 23.5 Å². The van der Waals surface area contributed by atoms with Crippen molar-refractivity contribution >= 4 is 59.0 Å². The van der Waals surface area contributed by atoms with Crippen LogP contribution in [0.3, 0.4) is 0 Å². The van der Waals surface area contributed by atoms with Crippen LogP contribution in [0.1, 0.15) is 70.2 Å². The van der Waals surface area contributed by atoms with E-state index in [0.29, 0.717) is 29.4 Å². The van der Waals surface area contributed by atoms with Gasteiger partial charge in [-0.1, -0.05) is 19.9 Å². The maximum atomic E-state index is 13.7. The Morgan fingerprint density at radius 3 is 2.09 bits per heavy atom. The van der Waals surface area contributed by atoms with E-state index in [1.165, 1.54) is 11.8 Å². The van der Waals surface area contributed by atoms with Crippen LogP contribution in [-0.2, 0) is 45.0 Å². The van der Waals surface area contributed by atoms with E-state index in [-0.39, 0.29) is 69.5 Å². The minimum absolute atomic E-state index is 0.0184. The quantitative estimate of drug-likeness (QED) is 0.0995. The first-order chi connectivity index (χ1) is 21.8. The monoisotopic (exact) mass is 682 g/mol. The number of aliphatic carboxylic acids is 1. The summed E-state index contributed by atoms with van der Waals surface area (Å²) in [6.07, 6.45) is 0.579. The van der Waals surface area contributed by atoms with Crippen molar-refractivity contribution in [1.82, 2.24) is 20.9 Å². The standard InChI is InChI=1S/C30H46N6O8S2/c1-19(2)16-23(28(42)34-22(27(32)41)6-7-26(39)40)35-29(43)30(10-12-44-13-11-30)36-25(38)9-15-46-18-21-5-3-4-20(33-21)17-45-14-8-24(31)37/h3-5,19,22-23H,6-18H2,1-2H3,(H2,31,37)(H2,32,41)(H,34,42)(H,35,43)(H,36,38)(H,39,40)/t22-,23-/m0/s1. The number of hydrogen-bond donors (Lipinski definition) is 6. The molecule has 0 aromatic carbocycles. The van der Waals surface area contributed by atoms with Crippen LogP contribution < -0.4 is 27.4 Å². The number of thioether (sulfide) groups is 2. The predicted octanol–water partition coefficient (Wildman–Crippen LogP) is 0.845. The molecule has 1 aliphatic rings. The predicted molar refractivity (Wildman–Crippen MR) is 175 cm³/mol. The summed E-state index contributed by atoms with van der Waals surface area (Å²) in [7, 11) is 0. The van der Waals surface area contributed by atoms with Gasteiger partial charge in [-0.15, -0.1) is 0 Å². The third-order valence-corrected chi connectivity index (χ3v) is 9.11. The summed E-state index contributed by atoms with van der Waals surface area (Å²) < 4.78 is 5.45. The lowest BCUT2D eigenvalue weighted by atomic mass is 9.87. The molecule has 0 unspecified atom stereocenters. The fraction of sp³-hybridized carbons (Fsp3) is 0.633. The van der Waals surface area contributed by atoms with Crippen LogP contribution in [0.4, 0.5) is 0 Å². The first-order valence-electron chi connectivity index (χ1n) is 15.2. The molecule has 16 heteroatoms. The third-order valence-electron chi connectivity index (χ3n) is 7.13. The number of primary amides is 2. The molecule has 0 saturated carbocycles. The van der Waals surface area contributed by atoms with E-state index in [1.807, 2.05) is 32.0 Å². The Balaban J connectivity index is 1.97. The van der Waals surface area contributed by atoms with Gasteiger partial charge < -0.3 is 37.3 Å². The summed E-state index contributed by atoms with van der Waals surface area (Å²) in [5.74, 6) is -1.50. The van der Waals surface area contributed by atoms with Crippen molar-refractivity contribution in [3.63, 3.8) is 0 Å². The molecular weight excluding hydrogens is 636 g/mol. The number of carbonyl (C=O) groups excluding carboxylic acids is 5. The maximum absolute atomic E-state index is 13.7. The van der Waals surface area contributed by atoms with Gasteiger partial charge in [0.15, 0.2) is 0 Å². The van der Waals surface area contributed by atoms with Crippen LogP contribution in [0.2, 0.25) is 0 Å². The number of nitrogens with zero attached hydrogens (tertiary/aromatic N) is 1. The second-order valence-electron chi connectivity index (χ2n) is 11.5. The number of carboxylic acid groups (broad SMARTS) is 1. The highest BCUT2D eigenvalue weighted by Gasteiger charge is 2.43. The zero-order valence-electron chi connectivity index (χ0n) is 26.4. The van der Waals surface area contributed by atoms with E-state index in [0.717, 1.165) is 11.4 Å². The number of rotatable bonds is 21. The average molecular weight is 683 g/mol. The third kappa shape index (κ3) is 14.4. The molecule has 1 fully saturated rings. The molecule has 2 atom stereocenters. The highest BCUT2D eigenvalue weighted by Crippen LogP contribution is 2.23. The maximum Gasteiger partial charge on any atom is 0.303 e. The molecule has 0 bridgehead atoms. The van der Waals surface area contributed by atoms with Crippen LogP contribution in [0, 0.1) is 5.92 Å². The number of carbonyl (C=O) groups is 6. The SMILES string of the molecule is CC(C)C[C@H](NC(=O)C1(NC(=O)CCSCc2cccc(CSCCC(N)=O)n2)CCOCC1)C(=O)N[C@@H](CCC(=O)O)C(N)=O. The summed E-state index contributed by atoms with van der Waals surface area (Å²) in [6, 6.07) is 3.49. The van der Waals surface area contributed by atoms with Gasteiger partial charge in [-0.05, 0) is 30.9 Å². The molecule has 0 spiro atoms. The fourth-order valence-electron chi connectivity index (χ4n) is 4.66. The van der Waals surface area contributed by atoms with Crippen LogP contribution in [-0.4, -0.2) is 87.9 Å². The van der Waals surface area contributed by atoms with E-state index in [4.69, 9.17) is 21.3 Å². The Labute approximate surface area is 277 Å². The number of nitrogens with two attached hydrogens (primary N) is 2. The highest BCUT2D eigenvalue weighted by molar-refractivity contribution is 7.98. The van der Waals surface area contributed by atoms with E-state index in [2.05, 4.69) is 20.9 Å². The first kappa shape index (κ1) is 38.8. The molecule has 256 valence electrons. The van der Waals surface area contributed by atoms with Crippen molar-refractivity contribution in [3.8, 4) is 0 Å². The second-order valence-corrected chi connectivity index (χ2v) is 13.7. The van der Waals surface area contributed by atoms with Crippen molar-refractivity contribution in [2.24, 2.45) is 17.4 Å². The molecule has 0 radical (unpaired) electrons. The number of pyridine rings is 1. The van der Waals surface area contributed by atoms with Crippen molar-refractivity contribution in [2.75, 3.05) is 24.7 Å². The largest absolute Gasteiger partial charge is 0.481 e. The minimum Gasteiger partial charge on any atom is -0.481 e. The summed E-state index contributed by atoms with van der Waals surface area (Å²) >= 11 is 3.12. The van der Waals surface area contributed by atoms with Crippen LogP contribution in [0.15, 0.2) is 18.2 Å². The summed E-state index contributed by atoms with van der Waals surface area (Å²) in [6.45, 7) is 4.21. The van der Waals surface area contributed by atoms with Gasteiger partial charge in [0.05, 0.1) is 11.4 Å². The van der Waals surface area contributed by atoms with Crippen molar-refractivity contribution < 1.29 is 38.6 Å². The molecule has 1 saturated heterocycles. The van der Waals surface area contributed by atoms with Gasteiger partial charge in [0.2, 0.25) is 29.5 Å². The lowest BCUT2D eigenvalue weighted by Crippen LogP contribution is -2.64. The molecule has 0 aliphatic carbocycles. The van der Waals surface area contributed by atoms with Gasteiger partial charge in [-0.3, -0.25) is 33.8 Å². The Morgan fingerprint density at radius 2 is 1.54 bits per heavy atom. The number of ether oxygens (including phenoxy) is 1. The molecule has 1 aromatic heterocycles. The Kier molecular flexibility index (Phi) is 16.9. The molecule has 46 heavy (non-hydrogen) atoms. The molecule has 1 aliphatic heterocycles. The van der Waals surface area contributed by atoms with E-state index >= 15 is 0 Å². The smallest absolute Gasteiger partial charge is 0.303 e.